The van der Waals surface area contributed by atoms with Crippen LogP contribution in [-0.2, 0) is 0 Å². The molecule has 4 rings (SSSR count). The third-order valence-corrected chi connectivity index (χ3v) is 5.66. The maximum absolute atomic E-state index is 13.1. The van der Waals surface area contributed by atoms with Gasteiger partial charge in [-0.15, -0.1) is 0 Å². The summed E-state index contributed by atoms with van der Waals surface area (Å²) in [5, 5.41) is 19.4. The first-order chi connectivity index (χ1) is 13.1. The lowest BCUT2D eigenvalue weighted by Crippen LogP contribution is -2.21. The van der Waals surface area contributed by atoms with Crippen LogP contribution in [0.15, 0.2) is 47.9 Å². The lowest BCUT2D eigenvalue weighted by Gasteiger charge is -2.10. The zero-order valence-corrected chi connectivity index (χ0v) is 16.4. The summed E-state index contributed by atoms with van der Waals surface area (Å²) in [6.07, 6.45) is 0. The van der Waals surface area contributed by atoms with Gasteiger partial charge in [-0.25, -0.2) is 0 Å². The molecule has 0 radical (unpaired) electrons. The molecule has 6 nitrogen and oxygen atoms in total. The van der Waals surface area contributed by atoms with Gasteiger partial charge in [0.05, 0.1) is 15.2 Å². The number of benzene rings is 4. The fourth-order valence-electron chi connectivity index (χ4n) is 3.67. The summed E-state index contributed by atoms with van der Waals surface area (Å²) >= 11 is 3.10. The highest BCUT2D eigenvalue weighted by molar-refractivity contribution is 9.10. The minimum Gasteiger partial charge on any atom is -0.507 e. The Bertz CT molecular complexity index is 1540. The van der Waals surface area contributed by atoms with Crippen LogP contribution in [0.25, 0.3) is 32.3 Å². The van der Waals surface area contributed by atoms with Crippen LogP contribution in [0, 0.1) is 0 Å². The van der Waals surface area contributed by atoms with Gasteiger partial charge in [-0.2, -0.15) is 0 Å². The van der Waals surface area contributed by atoms with Crippen LogP contribution < -0.4 is 21.7 Å². The Morgan fingerprint density at radius 1 is 0.786 bits per heavy atom. The van der Waals surface area contributed by atoms with Gasteiger partial charge in [-0.3, -0.25) is 19.2 Å². The van der Waals surface area contributed by atoms with Gasteiger partial charge in [0.2, 0.25) is 5.43 Å². The molecule has 0 saturated heterocycles. The Balaban J connectivity index is 2.45. The Hall–Kier alpha value is -3.06. The van der Waals surface area contributed by atoms with E-state index in [0.717, 1.165) is 6.07 Å². The minimum atomic E-state index is -0.789. The molecule has 0 heterocycles. The molecular formula is C21H13BrO6. The fourth-order valence-corrected chi connectivity index (χ4v) is 4.00. The van der Waals surface area contributed by atoms with Crippen LogP contribution >= 0.6 is 15.9 Å². The van der Waals surface area contributed by atoms with Gasteiger partial charge >= 0.3 is 0 Å². The van der Waals surface area contributed by atoms with Crippen molar-refractivity contribution in [3.63, 3.8) is 0 Å². The number of phenols is 2. The highest BCUT2D eigenvalue weighted by Crippen LogP contribution is 2.33. The SMILES string of the molecule is CC(C)c1cc(=O)c2c(cc(O)c3c(=O)c4c(O)c(Br)ccc4c(=O)c32)c1=O. The molecule has 7 heteroatoms. The van der Waals surface area contributed by atoms with Gasteiger partial charge in [0, 0.05) is 27.1 Å². The van der Waals surface area contributed by atoms with E-state index in [1.807, 2.05) is 0 Å². The number of aromatic hydroxyl groups is 2. The van der Waals surface area contributed by atoms with Gasteiger partial charge in [0.15, 0.2) is 16.3 Å². The summed E-state index contributed by atoms with van der Waals surface area (Å²) in [6, 6.07) is 4.99. The van der Waals surface area contributed by atoms with Crippen molar-refractivity contribution in [1.29, 1.82) is 0 Å². The van der Waals surface area contributed by atoms with Crippen LogP contribution in [-0.4, -0.2) is 10.2 Å². The van der Waals surface area contributed by atoms with Crippen molar-refractivity contribution in [3.8, 4) is 11.5 Å². The third kappa shape index (κ3) is 2.26. The molecule has 0 aliphatic rings. The molecular weight excluding hydrogens is 428 g/mol. The number of rotatable bonds is 1. The molecule has 0 aliphatic carbocycles. The molecule has 0 bridgehead atoms. The largest absolute Gasteiger partial charge is 0.507 e. The van der Waals surface area contributed by atoms with Crippen molar-refractivity contribution in [3.05, 3.63) is 75.2 Å². The van der Waals surface area contributed by atoms with Crippen LogP contribution in [0.5, 0.6) is 11.5 Å². The lowest BCUT2D eigenvalue weighted by molar-refractivity contribution is 0.478. The summed E-state index contributed by atoms with van der Waals surface area (Å²) in [5.41, 5.74) is -2.26. The molecule has 0 saturated carbocycles. The van der Waals surface area contributed by atoms with Crippen molar-refractivity contribution >= 4 is 48.2 Å². The zero-order chi connectivity index (χ0) is 20.5. The quantitative estimate of drug-likeness (QED) is 0.348. The van der Waals surface area contributed by atoms with E-state index >= 15 is 0 Å². The number of hydrogen-bond acceptors (Lipinski definition) is 6. The van der Waals surface area contributed by atoms with Crippen LogP contribution in [0.2, 0.25) is 0 Å². The maximum Gasteiger partial charge on any atom is 0.202 e. The van der Waals surface area contributed by atoms with Gasteiger partial charge < -0.3 is 10.2 Å². The van der Waals surface area contributed by atoms with E-state index in [1.54, 1.807) is 13.8 Å². The molecule has 4 aromatic carbocycles. The second-order valence-electron chi connectivity index (χ2n) is 6.99. The molecule has 0 fully saturated rings. The van der Waals surface area contributed by atoms with Gasteiger partial charge in [-0.1, -0.05) is 13.8 Å². The van der Waals surface area contributed by atoms with E-state index in [0.29, 0.717) is 0 Å². The van der Waals surface area contributed by atoms with Crippen molar-refractivity contribution < 1.29 is 10.2 Å². The highest BCUT2D eigenvalue weighted by atomic mass is 79.9. The van der Waals surface area contributed by atoms with Gasteiger partial charge in [0.1, 0.15) is 11.5 Å². The van der Waals surface area contributed by atoms with Gasteiger partial charge in [0.25, 0.3) is 0 Å². The normalized spacial score (nSPS) is 11.9. The van der Waals surface area contributed by atoms with E-state index in [1.165, 1.54) is 18.2 Å². The highest BCUT2D eigenvalue weighted by Gasteiger charge is 2.23. The summed E-state index contributed by atoms with van der Waals surface area (Å²) in [4.78, 5) is 51.7. The number of halogens is 1. The van der Waals surface area contributed by atoms with E-state index in [9.17, 15) is 29.4 Å². The molecule has 4 aromatic rings. The average Bonchev–Trinajstić information content (AvgIpc) is 2.63. The molecule has 0 amide bonds. The standard InChI is InChI=1S/C21H13BrO6/c1-7(2)9-5-12(23)14-10(18(9)25)6-13(24)16-17(14)19(26)8-3-4-11(22)20(27)15(8)21(16)28/h3-7,24,27H,1-2H3. The number of phenolic OH excluding ortho intramolecular Hbond substituents is 2. The van der Waals surface area contributed by atoms with Crippen LogP contribution in [0.1, 0.15) is 25.3 Å². The Morgan fingerprint density at radius 2 is 1.46 bits per heavy atom. The number of hydrogen-bond donors (Lipinski definition) is 2. The maximum atomic E-state index is 13.1. The summed E-state index contributed by atoms with van der Waals surface area (Å²) in [5.74, 6) is -1.23. The Kier molecular flexibility index (Phi) is 3.90. The molecule has 0 aliphatic heterocycles. The fraction of sp³-hybridized carbons (Fsp3) is 0.143. The summed E-state index contributed by atoms with van der Waals surface area (Å²) in [6.45, 7) is 3.51. The summed E-state index contributed by atoms with van der Waals surface area (Å²) < 4.78 is 0.212. The zero-order valence-electron chi connectivity index (χ0n) is 14.8. The molecule has 28 heavy (non-hydrogen) atoms. The second kappa shape index (κ2) is 5.97. The molecule has 2 N–H and O–H groups in total. The molecule has 0 atom stereocenters. The predicted molar refractivity (Wildman–Crippen MR) is 112 cm³/mol. The minimum absolute atomic E-state index is 0.0927. The lowest BCUT2D eigenvalue weighted by atomic mass is 9.92. The van der Waals surface area contributed by atoms with Crippen molar-refractivity contribution in [2.75, 3.05) is 0 Å². The molecule has 0 unspecified atom stereocenters. The topological polar surface area (TPSA) is 109 Å². The van der Waals surface area contributed by atoms with E-state index in [2.05, 4.69) is 15.9 Å². The van der Waals surface area contributed by atoms with Crippen LogP contribution in [0.3, 0.4) is 0 Å². The predicted octanol–water partition coefficient (Wildman–Crippen LogP) is 2.76. The van der Waals surface area contributed by atoms with E-state index in [-0.39, 0.29) is 48.3 Å². The third-order valence-electron chi connectivity index (χ3n) is 5.02. The second-order valence-corrected chi connectivity index (χ2v) is 7.85. The summed E-state index contributed by atoms with van der Waals surface area (Å²) in [7, 11) is 0. The first kappa shape index (κ1) is 18.3. The monoisotopic (exact) mass is 440 g/mol. The van der Waals surface area contributed by atoms with Crippen molar-refractivity contribution in [1.82, 2.24) is 0 Å². The molecule has 0 spiro atoms. The molecule has 0 aromatic heterocycles. The smallest absolute Gasteiger partial charge is 0.202 e. The van der Waals surface area contributed by atoms with Gasteiger partial charge in [-0.05, 0) is 46.1 Å². The van der Waals surface area contributed by atoms with Crippen molar-refractivity contribution in [2.24, 2.45) is 0 Å². The Morgan fingerprint density at radius 3 is 2.11 bits per heavy atom. The van der Waals surface area contributed by atoms with Crippen LogP contribution in [0.4, 0.5) is 0 Å². The first-order valence-corrected chi connectivity index (χ1v) is 9.25. The number of fused-ring (bicyclic) bond motifs is 4. The Labute approximate surface area is 165 Å². The molecule has 140 valence electrons. The first-order valence-electron chi connectivity index (χ1n) is 8.46. The van der Waals surface area contributed by atoms with E-state index in [4.69, 9.17) is 0 Å². The van der Waals surface area contributed by atoms with Crippen molar-refractivity contribution in [2.45, 2.75) is 19.8 Å². The average molecular weight is 441 g/mol. The van der Waals surface area contributed by atoms with E-state index < -0.39 is 33.2 Å².